The molecule has 0 spiro atoms. The maximum atomic E-state index is 5.87. The number of benzene rings is 1. The molecular weight excluding hydrogens is 236 g/mol. The average Bonchev–Trinajstić information content (AvgIpc) is 2.44. The predicted molar refractivity (Wildman–Crippen MR) is 81.7 cm³/mol. The standard InChI is InChI=1S/C16H26N2O/c1-2-19-16-12-14(8-9-15(16)17)18-11-10-13-6-4-3-5-7-13/h8-9,12-13,18H,2-7,10-11,17H2,1H3. The third-order valence-corrected chi connectivity index (χ3v) is 3.92. The van der Waals surface area contributed by atoms with E-state index in [9.17, 15) is 0 Å². The summed E-state index contributed by atoms with van der Waals surface area (Å²) in [6.07, 6.45) is 8.36. The zero-order chi connectivity index (χ0) is 13.5. The van der Waals surface area contributed by atoms with Crippen LogP contribution >= 0.6 is 0 Å². The smallest absolute Gasteiger partial charge is 0.144 e. The Balaban J connectivity index is 1.80. The number of nitrogen functional groups attached to an aromatic ring is 1. The van der Waals surface area contributed by atoms with Crippen molar-refractivity contribution < 1.29 is 4.74 Å². The third-order valence-electron chi connectivity index (χ3n) is 3.92. The molecule has 0 saturated heterocycles. The second kappa shape index (κ2) is 7.27. The summed E-state index contributed by atoms with van der Waals surface area (Å²) in [5, 5.41) is 3.48. The van der Waals surface area contributed by atoms with Gasteiger partial charge in [0.15, 0.2) is 0 Å². The van der Waals surface area contributed by atoms with Gasteiger partial charge in [0, 0.05) is 18.3 Å². The van der Waals surface area contributed by atoms with Crippen LogP contribution in [0.3, 0.4) is 0 Å². The summed E-state index contributed by atoms with van der Waals surface area (Å²) in [7, 11) is 0. The van der Waals surface area contributed by atoms with Gasteiger partial charge in [0.25, 0.3) is 0 Å². The lowest BCUT2D eigenvalue weighted by atomic mass is 9.87. The van der Waals surface area contributed by atoms with E-state index in [1.165, 1.54) is 38.5 Å². The van der Waals surface area contributed by atoms with Crippen LogP contribution < -0.4 is 15.8 Å². The van der Waals surface area contributed by atoms with Gasteiger partial charge >= 0.3 is 0 Å². The zero-order valence-corrected chi connectivity index (χ0v) is 12.0. The van der Waals surface area contributed by atoms with E-state index < -0.39 is 0 Å². The van der Waals surface area contributed by atoms with Gasteiger partial charge in [-0.05, 0) is 31.4 Å². The molecule has 3 heteroatoms. The summed E-state index contributed by atoms with van der Waals surface area (Å²) in [5.41, 5.74) is 7.68. The van der Waals surface area contributed by atoms with E-state index in [0.29, 0.717) is 12.3 Å². The second-order valence-corrected chi connectivity index (χ2v) is 5.41. The minimum atomic E-state index is 0.649. The van der Waals surface area contributed by atoms with Crippen LogP contribution in [0.2, 0.25) is 0 Å². The summed E-state index contributed by atoms with van der Waals surface area (Å²) in [6.45, 7) is 3.67. The highest BCUT2D eigenvalue weighted by atomic mass is 16.5. The van der Waals surface area contributed by atoms with Gasteiger partial charge in [-0.15, -0.1) is 0 Å². The molecule has 0 unspecified atom stereocenters. The Morgan fingerprint density at radius 2 is 2.05 bits per heavy atom. The molecule has 0 atom stereocenters. The van der Waals surface area contributed by atoms with Crippen molar-refractivity contribution in [3.8, 4) is 5.75 Å². The zero-order valence-electron chi connectivity index (χ0n) is 12.0. The van der Waals surface area contributed by atoms with E-state index in [-0.39, 0.29) is 0 Å². The van der Waals surface area contributed by atoms with Crippen molar-refractivity contribution in [1.82, 2.24) is 0 Å². The van der Waals surface area contributed by atoms with Crippen LogP contribution in [0.25, 0.3) is 0 Å². The molecule has 1 aromatic rings. The number of hydrogen-bond acceptors (Lipinski definition) is 3. The Labute approximate surface area is 116 Å². The molecule has 3 N–H and O–H groups in total. The summed E-state index contributed by atoms with van der Waals surface area (Å²) in [6, 6.07) is 5.94. The van der Waals surface area contributed by atoms with Gasteiger partial charge in [-0.2, -0.15) is 0 Å². The normalized spacial score (nSPS) is 16.3. The fraction of sp³-hybridized carbons (Fsp3) is 0.625. The van der Waals surface area contributed by atoms with E-state index in [1.54, 1.807) is 0 Å². The van der Waals surface area contributed by atoms with Crippen molar-refractivity contribution in [3.63, 3.8) is 0 Å². The molecule has 1 saturated carbocycles. The van der Waals surface area contributed by atoms with Crippen LogP contribution in [0.5, 0.6) is 5.75 Å². The number of rotatable bonds is 6. The van der Waals surface area contributed by atoms with E-state index in [1.807, 2.05) is 25.1 Å². The molecule has 2 rings (SSSR count). The van der Waals surface area contributed by atoms with Crippen molar-refractivity contribution in [1.29, 1.82) is 0 Å². The summed E-state index contributed by atoms with van der Waals surface area (Å²) in [5.74, 6) is 1.70. The summed E-state index contributed by atoms with van der Waals surface area (Å²) in [4.78, 5) is 0. The molecular formula is C16H26N2O. The molecule has 3 nitrogen and oxygen atoms in total. The molecule has 0 heterocycles. The second-order valence-electron chi connectivity index (χ2n) is 5.41. The minimum Gasteiger partial charge on any atom is -0.492 e. The Bertz CT molecular complexity index is 386. The molecule has 0 bridgehead atoms. The monoisotopic (exact) mass is 262 g/mol. The Morgan fingerprint density at radius 1 is 1.26 bits per heavy atom. The van der Waals surface area contributed by atoms with Crippen LogP contribution in [-0.4, -0.2) is 13.2 Å². The van der Waals surface area contributed by atoms with Crippen molar-refractivity contribution >= 4 is 11.4 Å². The highest BCUT2D eigenvalue weighted by Crippen LogP contribution is 2.28. The maximum Gasteiger partial charge on any atom is 0.144 e. The topological polar surface area (TPSA) is 47.3 Å². The lowest BCUT2D eigenvalue weighted by Crippen LogP contribution is -2.12. The van der Waals surface area contributed by atoms with Crippen LogP contribution in [-0.2, 0) is 0 Å². The molecule has 0 aliphatic heterocycles. The van der Waals surface area contributed by atoms with Gasteiger partial charge in [-0.3, -0.25) is 0 Å². The Kier molecular flexibility index (Phi) is 5.37. The van der Waals surface area contributed by atoms with Gasteiger partial charge in [-0.25, -0.2) is 0 Å². The molecule has 0 aromatic heterocycles. The van der Waals surface area contributed by atoms with E-state index in [4.69, 9.17) is 10.5 Å². The van der Waals surface area contributed by atoms with Crippen molar-refractivity contribution in [2.75, 3.05) is 24.2 Å². The molecule has 1 fully saturated rings. The maximum absolute atomic E-state index is 5.87. The van der Waals surface area contributed by atoms with Crippen molar-refractivity contribution in [2.24, 2.45) is 5.92 Å². The van der Waals surface area contributed by atoms with E-state index in [2.05, 4.69) is 5.32 Å². The average molecular weight is 262 g/mol. The highest BCUT2D eigenvalue weighted by molar-refractivity contribution is 5.61. The third kappa shape index (κ3) is 4.34. The predicted octanol–water partition coefficient (Wildman–Crippen LogP) is 4.05. The van der Waals surface area contributed by atoms with Gasteiger partial charge in [0.1, 0.15) is 5.75 Å². The molecule has 0 amide bonds. The lowest BCUT2D eigenvalue weighted by molar-refractivity contribution is 0.342. The van der Waals surface area contributed by atoms with Crippen LogP contribution in [0, 0.1) is 5.92 Å². The molecule has 0 radical (unpaired) electrons. The summed E-state index contributed by atoms with van der Waals surface area (Å²) < 4.78 is 5.51. The lowest BCUT2D eigenvalue weighted by Gasteiger charge is -2.21. The summed E-state index contributed by atoms with van der Waals surface area (Å²) >= 11 is 0. The van der Waals surface area contributed by atoms with Gasteiger partial charge in [0.2, 0.25) is 0 Å². The first-order valence-electron chi connectivity index (χ1n) is 7.55. The van der Waals surface area contributed by atoms with Gasteiger partial charge in [0.05, 0.1) is 12.3 Å². The van der Waals surface area contributed by atoms with Gasteiger partial charge in [-0.1, -0.05) is 32.1 Å². The van der Waals surface area contributed by atoms with E-state index >= 15 is 0 Å². The fourth-order valence-corrected chi connectivity index (χ4v) is 2.82. The van der Waals surface area contributed by atoms with Crippen molar-refractivity contribution in [3.05, 3.63) is 18.2 Å². The minimum absolute atomic E-state index is 0.649. The molecule has 1 aliphatic rings. The van der Waals surface area contributed by atoms with Crippen LogP contribution in [0.4, 0.5) is 11.4 Å². The number of ether oxygens (including phenoxy) is 1. The van der Waals surface area contributed by atoms with Crippen LogP contribution in [0.1, 0.15) is 45.4 Å². The Morgan fingerprint density at radius 3 is 2.79 bits per heavy atom. The van der Waals surface area contributed by atoms with Crippen molar-refractivity contribution in [2.45, 2.75) is 45.4 Å². The largest absolute Gasteiger partial charge is 0.492 e. The number of anilines is 2. The van der Waals surface area contributed by atoms with E-state index in [0.717, 1.165) is 23.9 Å². The quantitative estimate of drug-likeness (QED) is 0.760. The number of hydrogen-bond donors (Lipinski definition) is 2. The first-order chi connectivity index (χ1) is 9.29. The molecule has 106 valence electrons. The molecule has 19 heavy (non-hydrogen) atoms. The number of nitrogens with two attached hydrogens (primary N) is 1. The number of nitrogens with one attached hydrogen (secondary N) is 1. The molecule has 1 aliphatic carbocycles. The van der Waals surface area contributed by atoms with Gasteiger partial charge < -0.3 is 15.8 Å². The SMILES string of the molecule is CCOc1cc(NCCC2CCCCC2)ccc1N. The first kappa shape index (κ1) is 14.0. The first-order valence-corrected chi connectivity index (χ1v) is 7.55. The fourth-order valence-electron chi connectivity index (χ4n) is 2.82. The highest BCUT2D eigenvalue weighted by Gasteiger charge is 2.12. The molecule has 1 aromatic carbocycles. The van der Waals surface area contributed by atoms with Crippen LogP contribution in [0.15, 0.2) is 18.2 Å². The Hall–Kier alpha value is -1.38.